The first kappa shape index (κ1) is 18.7. The van der Waals surface area contributed by atoms with E-state index in [0.29, 0.717) is 13.1 Å². The van der Waals surface area contributed by atoms with Gasteiger partial charge in [0.05, 0.1) is 12.1 Å². The molecular weight excluding hydrogens is 340 g/mol. The highest BCUT2D eigenvalue weighted by Crippen LogP contribution is 2.38. The quantitative estimate of drug-likeness (QED) is 0.382. The summed E-state index contributed by atoms with van der Waals surface area (Å²) in [6.07, 6.45) is -0.128. The summed E-state index contributed by atoms with van der Waals surface area (Å²) in [4.78, 5) is 3.03. The van der Waals surface area contributed by atoms with Gasteiger partial charge in [0.1, 0.15) is 0 Å². The van der Waals surface area contributed by atoms with Crippen LogP contribution in [0.3, 0.4) is 0 Å². The van der Waals surface area contributed by atoms with E-state index in [4.69, 9.17) is 9.96 Å². The number of benzene rings is 2. The lowest BCUT2D eigenvalue weighted by atomic mass is 10.2. The van der Waals surface area contributed by atoms with Crippen molar-refractivity contribution in [2.24, 2.45) is 5.11 Å². The van der Waals surface area contributed by atoms with E-state index in [-0.39, 0.29) is 17.2 Å². The third kappa shape index (κ3) is 3.41. The molecule has 0 radical (unpaired) electrons. The topological polar surface area (TPSA) is 70.0 Å². The predicted octanol–water partition coefficient (Wildman–Crippen LogP) is 3.21. The van der Waals surface area contributed by atoms with Crippen molar-refractivity contribution >= 4 is 18.7 Å². The van der Waals surface area contributed by atoms with Crippen LogP contribution in [0.15, 0.2) is 65.8 Å². The van der Waals surface area contributed by atoms with Gasteiger partial charge in [0.15, 0.2) is 0 Å². The highest BCUT2D eigenvalue weighted by molar-refractivity contribution is 6.99. The first-order valence-electron chi connectivity index (χ1n) is 9.03. The summed E-state index contributed by atoms with van der Waals surface area (Å²) >= 11 is 0. The summed E-state index contributed by atoms with van der Waals surface area (Å²) in [5.41, 5.74) is 8.92. The molecule has 1 aliphatic rings. The Kier molecular flexibility index (Phi) is 5.49. The Balaban J connectivity index is 2.16. The molecule has 0 spiro atoms. The fourth-order valence-corrected chi connectivity index (χ4v) is 8.57. The minimum atomic E-state index is -2.61. The summed E-state index contributed by atoms with van der Waals surface area (Å²) < 4.78 is 7.01. The minimum absolute atomic E-state index is 0.0841. The number of nitrogens with zero attached hydrogens (tertiary/aromatic N) is 3. The lowest BCUT2D eigenvalue weighted by molar-refractivity contribution is 0.191. The van der Waals surface area contributed by atoms with Gasteiger partial charge in [-0.15, -0.1) is 0 Å². The van der Waals surface area contributed by atoms with Gasteiger partial charge in [-0.25, -0.2) is 0 Å². The Morgan fingerprint density at radius 2 is 1.54 bits per heavy atom. The molecule has 1 aliphatic heterocycles. The molecule has 0 amide bonds. The summed E-state index contributed by atoms with van der Waals surface area (Å²) in [5.74, 6) is 0. The highest BCUT2D eigenvalue weighted by Gasteiger charge is 2.52. The molecule has 136 valence electrons. The van der Waals surface area contributed by atoms with Crippen molar-refractivity contribution in [2.45, 2.75) is 38.0 Å². The molecule has 2 aromatic carbocycles. The van der Waals surface area contributed by atoms with Gasteiger partial charge in [-0.05, 0) is 20.9 Å². The number of hydrogen-bond acceptors (Lipinski definition) is 3. The smallest absolute Gasteiger partial charge is 0.261 e. The van der Waals surface area contributed by atoms with Gasteiger partial charge in [0.2, 0.25) is 0 Å². The zero-order valence-corrected chi connectivity index (χ0v) is 16.6. The molecule has 2 aromatic rings. The largest absolute Gasteiger partial charge is 0.403 e. The molecule has 26 heavy (non-hydrogen) atoms. The number of hydrogen-bond donors (Lipinski definition) is 1. The Bertz CT molecular complexity index is 730. The molecule has 2 atom stereocenters. The second-order valence-corrected chi connectivity index (χ2v) is 12.0. The van der Waals surface area contributed by atoms with Gasteiger partial charge >= 0.3 is 0 Å². The third-order valence-corrected chi connectivity index (χ3v) is 10.1. The fraction of sp³-hybridized carbons (Fsp3) is 0.400. The molecule has 0 unspecified atom stereocenters. The molecular formula is C20H26N4OSi. The first-order valence-corrected chi connectivity index (χ1v) is 10.9. The van der Waals surface area contributed by atoms with Crippen molar-refractivity contribution in [3.05, 3.63) is 71.1 Å². The van der Waals surface area contributed by atoms with Crippen LogP contribution in [-0.4, -0.2) is 33.6 Å². The summed E-state index contributed by atoms with van der Waals surface area (Å²) in [7, 11) is -2.61. The Morgan fingerprint density at radius 1 is 1.00 bits per heavy atom. The number of azide groups is 1. The van der Waals surface area contributed by atoms with Gasteiger partial charge in [0.25, 0.3) is 8.32 Å². The summed E-state index contributed by atoms with van der Waals surface area (Å²) in [6.45, 7) is 8.12. The average Bonchev–Trinajstić information content (AvgIpc) is 3.07. The van der Waals surface area contributed by atoms with E-state index >= 15 is 0 Å². The maximum Gasteiger partial charge on any atom is 0.261 e. The monoisotopic (exact) mass is 366 g/mol. The second-order valence-electron chi connectivity index (χ2n) is 7.75. The normalized spacial score (nSPS) is 20.6. The van der Waals surface area contributed by atoms with E-state index in [1.807, 2.05) is 12.1 Å². The third-order valence-electron chi connectivity index (χ3n) is 5.07. The lowest BCUT2D eigenvalue weighted by Crippen LogP contribution is -2.68. The van der Waals surface area contributed by atoms with Crippen LogP contribution in [0.2, 0.25) is 5.04 Å². The molecule has 0 aliphatic carbocycles. The van der Waals surface area contributed by atoms with Crippen molar-refractivity contribution in [3.63, 3.8) is 0 Å². The SMILES string of the molecule is CC(C)(C)[Si](O[C@H]1CNC[C@@H]1N=[N+]=[N-])(c1ccccc1)c1ccccc1. The van der Waals surface area contributed by atoms with E-state index in [9.17, 15) is 0 Å². The van der Waals surface area contributed by atoms with Gasteiger partial charge in [-0.2, -0.15) is 0 Å². The summed E-state index contributed by atoms with van der Waals surface area (Å²) in [6, 6.07) is 20.9. The standard InChI is InChI=1S/C20H26N4OSi/c1-20(2,3)26(16-10-6-4-7-11-16,17-12-8-5-9-13-17)25-19-15-22-14-18(19)23-24-21/h4-13,18-19,22H,14-15H2,1-3H3/t18-,19-/m0/s1. The van der Waals surface area contributed by atoms with Crippen LogP contribution in [0, 0.1) is 0 Å². The molecule has 3 rings (SSSR count). The Hall–Kier alpha value is -2.11. The maximum absolute atomic E-state index is 8.92. The average molecular weight is 367 g/mol. The van der Waals surface area contributed by atoms with E-state index in [2.05, 4.69) is 84.6 Å². The van der Waals surface area contributed by atoms with E-state index in [1.54, 1.807) is 0 Å². The van der Waals surface area contributed by atoms with Gasteiger partial charge < -0.3 is 9.74 Å². The van der Waals surface area contributed by atoms with Gasteiger partial charge in [-0.1, -0.05) is 86.5 Å². The second kappa shape index (κ2) is 7.64. The van der Waals surface area contributed by atoms with Gasteiger partial charge in [-0.3, -0.25) is 0 Å². The van der Waals surface area contributed by atoms with Crippen molar-refractivity contribution in [3.8, 4) is 0 Å². The summed E-state index contributed by atoms with van der Waals surface area (Å²) in [5, 5.41) is 9.69. The van der Waals surface area contributed by atoms with Crippen LogP contribution in [0.4, 0.5) is 0 Å². The zero-order chi connectivity index (χ0) is 18.6. The zero-order valence-electron chi connectivity index (χ0n) is 15.6. The molecule has 1 fully saturated rings. The molecule has 5 nitrogen and oxygen atoms in total. The van der Waals surface area contributed by atoms with Crippen molar-refractivity contribution in [1.29, 1.82) is 0 Å². The molecule has 0 bridgehead atoms. The van der Waals surface area contributed by atoms with Crippen LogP contribution < -0.4 is 15.7 Å². The number of rotatable bonds is 5. The predicted molar refractivity (Wildman–Crippen MR) is 108 cm³/mol. The maximum atomic E-state index is 8.92. The fourth-order valence-electron chi connectivity index (χ4n) is 3.86. The lowest BCUT2D eigenvalue weighted by Gasteiger charge is -2.45. The molecule has 6 heteroatoms. The molecule has 1 N–H and O–H groups in total. The molecule has 0 saturated carbocycles. The van der Waals surface area contributed by atoms with Crippen LogP contribution >= 0.6 is 0 Å². The molecule has 0 aromatic heterocycles. The molecule has 1 heterocycles. The van der Waals surface area contributed by atoms with Crippen LogP contribution in [0.5, 0.6) is 0 Å². The van der Waals surface area contributed by atoms with Gasteiger partial charge in [0, 0.05) is 18.0 Å². The van der Waals surface area contributed by atoms with Crippen LogP contribution in [0.1, 0.15) is 20.8 Å². The Labute approximate surface area is 156 Å². The Morgan fingerprint density at radius 3 is 2.00 bits per heavy atom. The first-order chi connectivity index (χ1) is 12.5. The van der Waals surface area contributed by atoms with Crippen LogP contribution in [-0.2, 0) is 4.43 Å². The number of nitrogens with one attached hydrogen (secondary N) is 1. The van der Waals surface area contributed by atoms with Crippen molar-refractivity contribution < 1.29 is 4.43 Å². The van der Waals surface area contributed by atoms with E-state index < -0.39 is 8.32 Å². The minimum Gasteiger partial charge on any atom is -0.403 e. The van der Waals surface area contributed by atoms with Crippen molar-refractivity contribution in [1.82, 2.24) is 5.32 Å². The van der Waals surface area contributed by atoms with Crippen molar-refractivity contribution in [2.75, 3.05) is 13.1 Å². The van der Waals surface area contributed by atoms with E-state index in [0.717, 1.165) is 0 Å². The van der Waals surface area contributed by atoms with Crippen LogP contribution in [0.25, 0.3) is 10.4 Å². The molecule has 1 saturated heterocycles. The highest BCUT2D eigenvalue weighted by atomic mass is 28.4. The van der Waals surface area contributed by atoms with E-state index in [1.165, 1.54) is 10.4 Å².